The number of morpholine rings is 1. The summed E-state index contributed by atoms with van der Waals surface area (Å²) in [4.78, 5) is 10.9. The van der Waals surface area contributed by atoms with Gasteiger partial charge in [-0.05, 0) is 19.9 Å². The fourth-order valence-electron chi connectivity index (χ4n) is 2.76. The first-order chi connectivity index (χ1) is 12.4. The number of ether oxygens (including phenoxy) is 1. The second kappa shape index (κ2) is 7.55. The molecule has 1 aliphatic rings. The minimum Gasteiger partial charge on any atom is -0.378 e. The molecule has 0 atom stereocenters. The molecule has 2 aromatic rings. The molecule has 140 valence electrons. The normalized spacial score (nSPS) is 15.1. The van der Waals surface area contributed by atoms with E-state index in [4.69, 9.17) is 4.74 Å². The summed E-state index contributed by atoms with van der Waals surface area (Å²) >= 11 is 0. The summed E-state index contributed by atoms with van der Waals surface area (Å²) in [6.07, 6.45) is 0. The maximum atomic E-state index is 13.7. The van der Waals surface area contributed by atoms with Crippen LogP contribution < -0.4 is 9.62 Å². The number of halogens is 1. The van der Waals surface area contributed by atoms with E-state index in [9.17, 15) is 12.8 Å². The van der Waals surface area contributed by atoms with Crippen LogP contribution in [0.3, 0.4) is 0 Å². The van der Waals surface area contributed by atoms with Crippen LogP contribution in [0.15, 0.2) is 24.3 Å². The van der Waals surface area contributed by atoms with E-state index < -0.39 is 21.6 Å². The Morgan fingerprint density at radius 3 is 2.38 bits per heavy atom. The van der Waals surface area contributed by atoms with Crippen LogP contribution in [-0.2, 0) is 20.5 Å². The van der Waals surface area contributed by atoms with Crippen molar-refractivity contribution in [1.29, 1.82) is 0 Å². The van der Waals surface area contributed by atoms with Crippen LogP contribution in [0.5, 0.6) is 0 Å². The number of hydrogen-bond acceptors (Lipinski definition) is 6. The van der Waals surface area contributed by atoms with Gasteiger partial charge in [-0.3, -0.25) is 4.72 Å². The zero-order valence-corrected chi connectivity index (χ0v) is 15.5. The number of nitrogens with zero attached hydrogens (tertiary/aromatic N) is 3. The molecule has 0 spiro atoms. The highest BCUT2D eigenvalue weighted by atomic mass is 32.2. The Labute approximate surface area is 152 Å². The largest absolute Gasteiger partial charge is 0.378 e. The van der Waals surface area contributed by atoms with Crippen molar-refractivity contribution in [1.82, 2.24) is 9.97 Å². The monoisotopic (exact) mass is 380 g/mol. The van der Waals surface area contributed by atoms with Crippen LogP contribution in [0.4, 0.5) is 16.0 Å². The summed E-state index contributed by atoms with van der Waals surface area (Å²) in [5, 5.41) is 0. The molecule has 0 aliphatic carbocycles. The quantitative estimate of drug-likeness (QED) is 0.854. The van der Waals surface area contributed by atoms with E-state index in [1.165, 1.54) is 18.2 Å². The van der Waals surface area contributed by atoms with Crippen LogP contribution in [0.25, 0.3) is 0 Å². The van der Waals surface area contributed by atoms with Gasteiger partial charge in [-0.1, -0.05) is 18.2 Å². The molecular weight excluding hydrogens is 359 g/mol. The first-order valence-corrected chi connectivity index (χ1v) is 9.93. The highest BCUT2D eigenvalue weighted by molar-refractivity contribution is 7.91. The molecule has 2 heterocycles. The molecule has 0 unspecified atom stereocenters. The van der Waals surface area contributed by atoms with Gasteiger partial charge in [-0.25, -0.2) is 22.8 Å². The lowest BCUT2D eigenvalue weighted by molar-refractivity contribution is 0.122. The number of hydrogen-bond donors (Lipinski definition) is 1. The maximum Gasteiger partial charge on any atom is 0.237 e. The molecule has 0 radical (unpaired) electrons. The van der Waals surface area contributed by atoms with E-state index in [2.05, 4.69) is 14.7 Å². The summed E-state index contributed by atoms with van der Waals surface area (Å²) in [7, 11) is -3.80. The van der Waals surface area contributed by atoms with Gasteiger partial charge in [0, 0.05) is 18.7 Å². The van der Waals surface area contributed by atoms with Gasteiger partial charge in [0.2, 0.25) is 16.0 Å². The van der Waals surface area contributed by atoms with Gasteiger partial charge in [0.1, 0.15) is 5.82 Å². The van der Waals surface area contributed by atoms with Gasteiger partial charge in [0.05, 0.1) is 36.0 Å². The molecule has 7 nitrogen and oxygen atoms in total. The maximum absolute atomic E-state index is 13.7. The van der Waals surface area contributed by atoms with Crippen LogP contribution in [0.2, 0.25) is 0 Å². The minimum atomic E-state index is -3.80. The van der Waals surface area contributed by atoms with Crippen LogP contribution in [0, 0.1) is 19.7 Å². The lowest BCUT2D eigenvalue weighted by Gasteiger charge is -2.27. The Balaban J connectivity index is 1.81. The molecule has 0 amide bonds. The lowest BCUT2D eigenvalue weighted by Crippen LogP contribution is -2.37. The predicted molar refractivity (Wildman–Crippen MR) is 97.2 cm³/mol. The Morgan fingerprint density at radius 2 is 1.77 bits per heavy atom. The number of nitrogens with one attached hydrogen (secondary N) is 1. The van der Waals surface area contributed by atoms with Crippen molar-refractivity contribution in [2.75, 3.05) is 35.9 Å². The van der Waals surface area contributed by atoms with Crippen LogP contribution >= 0.6 is 0 Å². The van der Waals surface area contributed by atoms with E-state index in [0.29, 0.717) is 49.3 Å². The number of aryl methyl sites for hydroxylation is 2. The number of aromatic nitrogens is 2. The second-order valence-corrected chi connectivity index (χ2v) is 7.84. The Bertz CT molecular complexity index is 876. The van der Waals surface area contributed by atoms with Crippen molar-refractivity contribution < 1.29 is 17.5 Å². The van der Waals surface area contributed by atoms with Crippen molar-refractivity contribution >= 4 is 21.7 Å². The fourth-order valence-corrected chi connectivity index (χ4v) is 4.08. The van der Waals surface area contributed by atoms with E-state index in [1.807, 2.05) is 4.90 Å². The summed E-state index contributed by atoms with van der Waals surface area (Å²) in [6.45, 7) is 6.05. The zero-order valence-electron chi connectivity index (χ0n) is 14.7. The molecule has 0 saturated carbocycles. The number of rotatable bonds is 5. The molecule has 0 bridgehead atoms. The summed E-state index contributed by atoms with van der Waals surface area (Å²) < 4.78 is 46.5. The molecule has 1 fully saturated rings. The van der Waals surface area contributed by atoms with Gasteiger partial charge < -0.3 is 9.64 Å². The molecular formula is C17H21FN4O3S. The summed E-state index contributed by atoms with van der Waals surface area (Å²) in [5.74, 6) is -0.449. The number of sulfonamides is 1. The highest BCUT2D eigenvalue weighted by Gasteiger charge is 2.20. The van der Waals surface area contributed by atoms with Crippen molar-refractivity contribution in [2.24, 2.45) is 0 Å². The lowest BCUT2D eigenvalue weighted by atomic mass is 10.2. The molecule has 1 saturated heterocycles. The van der Waals surface area contributed by atoms with E-state index >= 15 is 0 Å². The van der Waals surface area contributed by atoms with Crippen LogP contribution in [-0.4, -0.2) is 44.7 Å². The Kier molecular flexibility index (Phi) is 5.38. The standard InChI is InChI=1S/C17H21FN4O3S/c1-12-16(13(2)20-17(19-12)22-7-9-25-10-8-22)21-26(23,24)11-14-5-3-4-6-15(14)18/h3-6,21H,7-11H2,1-2H3. The van der Waals surface area contributed by atoms with Gasteiger partial charge in [0.25, 0.3) is 0 Å². The minimum absolute atomic E-state index is 0.112. The Hall–Kier alpha value is -2.26. The topological polar surface area (TPSA) is 84.4 Å². The van der Waals surface area contributed by atoms with E-state index in [0.717, 1.165) is 0 Å². The first kappa shape index (κ1) is 18.5. The molecule has 1 aromatic heterocycles. The summed E-state index contributed by atoms with van der Waals surface area (Å²) in [6, 6.07) is 5.81. The SMILES string of the molecule is Cc1nc(N2CCOCC2)nc(C)c1NS(=O)(=O)Cc1ccccc1F. The van der Waals surface area contributed by atoms with Crippen molar-refractivity contribution in [3.8, 4) is 0 Å². The number of benzene rings is 1. The van der Waals surface area contributed by atoms with Crippen molar-refractivity contribution in [3.63, 3.8) is 0 Å². The summed E-state index contributed by atoms with van der Waals surface area (Å²) in [5.41, 5.74) is 1.49. The third kappa shape index (κ3) is 4.28. The third-order valence-corrected chi connectivity index (χ3v) is 5.32. The zero-order chi connectivity index (χ0) is 18.7. The molecule has 1 aromatic carbocycles. The molecule has 3 rings (SSSR count). The van der Waals surface area contributed by atoms with E-state index in [-0.39, 0.29) is 5.56 Å². The van der Waals surface area contributed by atoms with Gasteiger partial charge in [0.15, 0.2) is 0 Å². The molecule has 9 heteroatoms. The van der Waals surface area contributed by atoms with Gasteiger partial charge in [-0.2, -0.15) is 0 Å². The molecule has 1 aliphatic heterocycles. The number of anilines is 2. The van der Waals surface area contributed by atoms with Crippen molar-refractivity contribution in [3.05, 3.63) is 47.0 Å². The smallest absolute Gasteiger partial charge is 0.237 e. The molecule has 26 heavy (non-hydrogen) atoms. The average Bonchev–Trinajstić information content (AvgIpc) is 2.61. The Morgan fingerprint density at radius 1 is 1.15 bits per heavy atom. The first-order valence-electron chi connectivity index (χ1n) is 8.27. The van der Waals surface area contributed by atoms with Gasteiger partial charge >= 0.3 is 0 Å². The fraction of sp³-hybridized carbons (Fsp3) is 0.412. The van der Waals surface area contributed by atoms with Gasteiger partial charge in [-0.15, -0.1) is 0 Å². The third-order valence-electron chi connectivity index (χ3n) is 4.11. The highest BCUT2D eigenvalue weighted by Crippen LogP contribution is 2.23. The van der Waals surface area contributed by atoms with Crippen molar-refractivity contribution in [2.45, 2.75) is 19.6 Å². The van der Waals surface area contributed by atoms with E-state index in [1.54, 1.807) is 19.9 Å². The van der Waals surface area contributed by atoms with Crippen LogP contribution in [0.1, 0.15) is 17.0 Å². The second-order valence-electron chi connectivity index (χ2n) is 6.12. The molecule has 1 N–H and O–H groups in total. The average molecular weight is 380 g/mol. The predicted octanol–water partition coefficient (Wildman–Crippen LogP) is 2.01.